The minimum atomic E-state index is -0.330. The third-order valence-corrected chi connectivity index (χ3v) is 3.23. The fourth-order valence-corrected chi connectivity index (χ4v) is 1.98. The average molecular weight is 189 g/mol. The van der Waals surface area contributed by atoms with Crippen LogP contribution in [-0.4, -0.2) is 5.91 Å². The van der Waals surface area contributed by atoms with Crippen molar-refractivity contribution in [1.82, 2.24) is 0 Å². The Bertz CT molecular complexity index is 397. The number of benzene rings is 1. The molecule has 14 heavy (non-hydrogen) atoms. The van der Waals surface area contributed by atoms with E-state index in [-0.39, 0.29) is 11.3 Å². The van der Waals surface area contributed by atoms with Crippen LogP contribution in [0.2, 0.25) is 0 Å². The lowest BCUT2D eigenvalue weighted by Gasteiger charge is -2.19. The Kier molecular flexibility index (Phi) is 1.88. The molecule has 0 bridgehead atoms. The van der Waals surface area contributed by atoms with Gasteiger partial charge >= 0.3 is 0 Å². The third-order valence-electron chi connectivity index (χ3n) is 3.23. The van der Waals surface area contributed by atoms with Crippen molar-refractivity contribution in [3.8, 4) is 0 Å². The van der Waals surface area contributed by atoms with E-state index in [0.717, 1.165) is 17.7 Å². The molecule has 1 N–H and O–H groups in total. The molecule has 1 amide bonds. The first-order chi connectivity index (χ1) is 6.58. The first-order valence-corrected chi connectivity index (χ1v) is 5.00. The zero-order chi connectivity index (χ0) is 10.3. The van der Waals surface area contributed by atoms with Crippen molar-refractivity contribution in [2.75, 3.05) is 5.32 Å². The molecule has 0 radical (unpaired) electrons. The van der Waals surface area contributed by atoms with Gasteiger partial charge in [-0.05, 0) is 37.5 Å². The summed E-state index contributed by atoms with van der Waals surface area (Å²) in [6.45, 7) is 6.09. The maximum atomic E-state index is 11.8. The van der Waals surface area contributed by atoms with Crippen LogP contribution in [0.4, 0.5) is 5.69 Å². The lowest BCUT2D eigenvalue weighted by atomic mass is 9.81. The number of hydrogen-bond donors (Lipinski definition) is 1. The molecule has 0 spiro atoms. The van der Waals surface area contributed by atoms with Gasteiger partial charge in [0.1, 0.15) is 0 Å². The topological polar surface area (TPSA) is 29.1 Å². The van der Waals surface area contributed by atoms with E-state index in [0.29, 0.717) is 0 Å². The van der Waals surface area contributed by atoms with E-state index in [9.17, 15) is 4.79 Å². The van der Waals surface area contributed by atoms with Crippen LogP contribution in [0.3, 0.4) is 0 Å². The van der Waals surface area contributed by atoms with Crippen molar-refractivity contribution in [3.05, 3.63) is 29.3 Å². The second kappa shape index (κ2) is 2.84. The molecule has 2 nitrogen and oxygen atoms in total. The summed E-state index contributed by atoms with van der Waals surface area (Å²) >= 11 is 0. The maximum absolute atomic E-state index is 11.8. The van der Waals surface area contributed by atoms with E-state index >= 15 is 0 Å². The minimum absolute atomic E-state index is 0.126. The molecule has 0 saturated carbocycles. The molecule has 2 rings (SSSR count). The van der Waals surface area contributed by atoms with Crippen LogP contribution in [0, 0.1) is 6.92 Å². The fraction of sp³-hybridized carbons (Fsp3) is 0.417. The van der Waals surface area contributed by atoms with Crippen molar-refractivity contribution < 1.29 is 4.79 Å². The maximum Gasteiger partial charge on any atom is 0.234 e. The van der Waals surface area contributed by atoms with Gasteiger partial charge in [-0.3, -0.25) is 4.79 Å². The molecule has 2 heteroatoms. The van der Waals surface area contributed by atoms with Gasteiger partial charge < -0.3 is 5.32 Å². The molecule has 1 aliphatic rings. The van der Waals surface area contributed by atoms with Gasteiger partial charge in [-0.1, -0.05) is 19.1 Å². The number of carbonyl (C=O) groups excluding carboxylic acids is 1. The molecule has 0 aromatic heterocycles. The molecular formula is C12H15NO. The van der Waals surface area contributed by atoms with Crippen molar-refractivity contribution in [1.29, 1.82) is 0 Å². The van der Waals surface area contributed by atoms with Crippen LogP contribution in [0.5, 0.6) is 0 Å². The van der Waals surface area contributed by atoms with Crippen molar-refractivity contribution in [2.45, 2.75) is 32.6 Å². The number of carbonyl (C=O) groups is 1. The van der Waals surface area contributed by atoms with E-state index < -0.39 is 0 Å². The standard InChI is InChI=1S/C12H15NO/c1-4-12(3)9-6-5-8(2)7-10(9)13-11(12)14/h5-7H,4H2,1-3H3,(H,13,14)/t12-/m1/s1. The fourth-order valence-electron chi connectivity index (χ4n) is 1.98. The van der Waals surface area contributed by atoms with Crippen LogP contribution in [0.25, 0.3) is 0 Å². The van der Waals surface area contributed by atoms with Gasteiger partial charge in [0.25, 0.3) is 0 Å². The quantitative estimate of drug-likeness (QED) is 0.723. The zero-order valence-corrected chi connectivity index (χ0v) is 8.85. The van der Waals surface area contributed by atoms with Crippen molar-refractivity contribution >= 4 is 11.6 Å². The number of aryl methyl sites for hydroxylation is 1. The number of fused-ring (bicyclic) bond motifs is 1. The highest BCUT2D eigenvalue weighted by Gasteiger charge is 2.40. The highest BCUT2D eigenvalue weighted by molar-refractivity contribution is 6.05. The Labute approximate surface area is 84.3 Å². The van der Waals surface area contributed by atoms with Gasteiger partial charge in [-0.15, -0.1) is 0 Å². The monoisotopic (exact) mass is 189 g/mol. The first-order valence-electron chi connectivity index (χ1n) is 5.00. The van der Waals surface area contributed by atoms with E-state index in [4.69, 9.17) is 0 Å². The molecular weight excluding hydrogens is 174 g/mol. The predicted molar refractivity (Wildman–Crippen MR) is 57.5 cm³/mol. The third kappa shape index (κ3) is 1.07. The molecule has 1 aromatic rings. The number of anilines is 1. The lowest BCUT2D eigenvalue weighted by Crippen LogP contribution is -2.29. The summed E-state index contributed by atoms with van der Waals surface area (Å²) in [5.74, 6) is 0.126. The Morgan fingerprint density at radius 1 is 1.43 bits per heavy atom. The van der Waals surface area contributed by atoms with Crippen molar-refractivity contribution in [2.24, 2.45) is 0 Å². The normalized spacial score (nSPS) is 24.6. The number of hydrogen-bond acceptors (Lipinski definition) is 1. The number of rotatable bonds is 1. The molecule has 0 saturated heterocycles. The smallest absolute Gasteiger partial charge is 0.234 e. The summed E-state index contributed by atoms with van der Waals surface area (Å²) in [5, 5.41) is 2.94. The molecule has 0 unspecified atom stereocenters. The second-order valence-corrected chi connectivity index (χ2v) is 4.19. The first kappa shape index (κ1) is 9.25. The summed E-state index contributed by atoms with van der Waals surface area (Å²) in [5.41, 5.74) is 2.97. The zero-order valence-electron chi connectivity index (χ0n) is 8.85. The van der Waals surface area contributed by atoms with Gasteiger partial charge in [0.2, 0.25) is 5.91 Å². The number of nitrogens with one attached hydrogen (secondary N) is 1. The van der Waals surface area contributed by atoms with Crippen LogP contribution in [0.15, 0.2) is 18.2 Å². The molecule has 0 fully saturated rings. The minimum Gasteiger partial charge on any atom is -0.325 e. The molecule has 1 atom stereocenters. The average Bonchev–Trinajstić information content (AvgIpc) is 2.39. The summed E-state index contributed by atoms with van der Waals surface area (Å²) in [7, 11) is 0. The SMILES string of the molecule is CC[C@@]1(C)C(=O)Nc2cc(C)ccc21. The lowest BCUT2D eigenvalue weighted by molar-refractivity contribution is -0.120. The Balaban J connectivity index is 2.59. The van der Waals surface area contributed by atoms with Gasteiger partial charge in [0.15, 0.2) is 0 Å². The molecule has 74 valence electrons. The van der Waals surface area contributed by atoms with Gasteiger partial charge in [0, 0.05) is 5.69 Å². The Hall–Kier alpha value is -1.31. The highest BCUT2D eigenvalue weighted by Crippen LogP contribution is 2.40. The summed E-state index contributed by atoms with van der Waals surface area (Å²) in [6, 6.07) is 6.16. The summed E-state index contributed by atoms with van der Waals surface area (Å²) in [4.78, 5) is 11.8. The van der Waals surface area contributed by atoms with Gasteiger partial charge in [-0.25, -0.2) is 0 Å². The number of amides is 1. The Morgan fingerprint density at radius 3 is 2.79 bits per heavy atom. The molecule has 1 aliphatic heterocycles. The van der Waals surface area contributed by atoms with E-state index in [1.54, 1.807) is 0 Å². The Morgan fingerprint density at radius 2 is 2.14 bits per heavy atom. The predicted octanol–water partition coefficient (Wildman–Crippen LogP) is 2.61. The van der Waals surface area contributed by atoms with Gasteiger partial charge in [-0.2, -0.15) is 0 Å². The highest BCUT2D eigenvalue weighted by atomic mass is 16.2. The summed E-state index contributed by atoms with van der Waals surface area (Å²) < 4.78 is 0. The molecule has 0 aliphatic carbocycles. The van der Waals surface area contributed by atoms with Crippen molar-refractivity contribution in [3.63, 3.8) is 0 Å². The summed E-state index contributed by atoms with van der Waals surface area (Å²) in [6.07, 6.45) is 0.842. The van der Waals surface area contributed by atoms with E-state index in [2.05, 4.69) is 24.4 Å². The van der Waals surface area contributed by atoms with Crippen LogP contribution >= 0.6 is 0 Å². The van der Waals surface area contributed by atoms with E-state index in [1.165, 1.54) is 5.56 Å². The largest absolute Gasteiger partial charge is 0.325 e. The molecule has 1 aromatic carbocycles. The van der Waals surface area contributed by atoms with Crippen LogP contribution in [-0.2, 0) is 10.2 Å². The van der Waals surface area contributed by atoms with E-state index in [1.807, 2.05) is 19.9 Å². The second-order valence-electron chi connectivity index (χ2n) is 4.19. The van der Waals surface area contributed by atoms with Gasteiger partial charge in [0.05, 0.1) is 5.41 Å². The van der Waals surface area contributed by atoms with Crippen LogP contribution < -0.4 is 5.32 Å². The van der Waals surface area contributed by atoms with Crippen LogP contribution in [0.1, 0.15) is 31.4 Å². The molecule has 1 heterocycles.